The average Bonchev–Trinajstić information content (AvgIpc) is 2.54. The molecule has 2 atom stereocenters. The van der Waals surface area contributed by atoms with Crippen molar-refractivity contribution in [3.63, 3.8) is 0 Å². The molecule has 21 heavy (non-hydrogen) atoms. The summed E-state index contributed by atoms with van der Waals surface area (Å²) in [5.74, 6) is 0. The highest BCUT2D eigenvalue weighted by atomic mass is 35.5. The van der Waals surface area contributed by atoms with Gasteiger partial charge in [0.25, 0.3) is 0 Å². The molecule has 0 aliphatic rings. The second-order valence-corrected chi connectivity index (χ2v) is 5.69. The molecule has 0 spiro atoms. The van der Waals surface area contributed by atoms with E-state index in [0.29, 0.717) is 24.6 Å². The maximum atomic E-state index is 11.2. The van der Waals surface area contributed by atoms with Gasteiger partial charge in [-0.15, -0.1) is 0 Å². The van der Waals surface area contributed by atoms with E-state index in [2.05, 4.69) is 13.8 Å². The van der Waals surface area contributed by atoms with Gasteiger partial charge in [-0.2, -0.15) is 0 Å². The lowest BCUT2D eigenvalue weighted by atomic mass is 10.1. The number of hydrogen-bond donors (Lipinski definition) is 0. The van der Waals surface area contributed by atoms with Crippen LogP contribution in [-0.2, 0) is 19.3 Å². The zero-order valence-electron chi connectivity index (χ0n) is 12.9. The van der Waals surface area contributed by atoms with Crippen molar-refractivity contribution < 1.29 is 14.3 Å². The van der Waals surface area contributed by atoms with E-state index in [1.165, 1.54) is 0 Å². The summed E-state index contributed by atoms with van der Waals surface area (Å²) in [4.78, 5) is 11.2. The SMILES string of the molecule is CCC(C)OCCCCCOC(Cl)(C=O)c1ccccc1. The van der Waals surface area contributed by atoms with E-state index in [0.717, 1.165) is 32.3 Å². The van der Waals surface area contributed by atoms with E-state index in [4.69, 9.17) is 21.1 Å². The first-order valence-corrected chi connectivity index (χ1v) is 7.96. The number of carbonyl (C=O) groups excluding carboxylic acids is 1. The van der Waals surface area contributed by atoms with Gasteiger partial charge in [0.1, 0.15) is 0 Å². The normalized spacial score (nSPS) is 15.4. The second-order valence-electron chi connectivity index (χ2n) is 5.13. The number of rotatable bonds is 11. The van der Waals surface area contributed by atoms with Crippen molar-refractivity contribution in [1.82, 2.24) is 0 Å². The largest absolute Gasteiger partial charge is 0.379 e. The smallest absolute Gasteiger partial charge is 0.223 e. The first-order chi connectivity index (χ1) is 10.1. The Kier molecular flexibility index (Phi) is 8.58. The Morgan fingerprint density at radius 1 is 1.19 bits per heavy atom. The topological polar surface area (TPSA) is 35.5 Å². The number of carbonyl (C=O) groups is 1. The maximum Gasteiger partial charge on any atom is 0.223 e. The summed E-state index contributed by atoms with van der Waals surface area (Å²) in [6.07, 6.45) is 4.86. The van der Waals surface area contributed by atoms with Crippen LogP contribution in [0.1, 0.15) is 45.1 Å². The molecule has 0 bridgehead atoms. The number of aldehydes is 1. The monoisotopic (exact) mass is 312 g/mol. The molecule has 1 aromatic carbocycles. The Morgan fingerprint density at radius 2 is 1.86 bits per heavy atom. The van der Waals surface area contributed by atoms with Gasteiger partial charge in [0.2, 0.25) is 5.06 Å². The fourth-order valence-electron chi connectivity index (χ4n) is 1.85. The van der Waals surface area contributed by atoms with Crippen LogP contribution in [0.2, 0.25) is 0 Å². The summed E-state index contributed by atoms with van der Waals surface area (Å²) < 4.78 is 11.2. The molecule has 0 aromatic heterocycles. The molecular formula is C17H25ClO3. The molecule has 0 aliphatic carbocycles. The van der Waals surface area contributed by atoms with E-state index in [1.54, 1.807) is 12.1 Å². The lowest BCUT2D eigenvalue weighted by molar-refractivity contribution is -0.122. The zero-order chi connectivity index (χ0) is 15.6. The minimum absolute atomic E-state index is 0.324. The summed E-state index contributed by atoms with van der Waals surface area (Å²) in [5.41, 5.74) is 0.668. The first kappa shape index (κ1) is 18.1. The van der Waals surface area contributed by atoms with Crippen LogP contribution in [0.3, 0.4) is 0 Å². The molecule has 1 rings (SSSR count). The Hall–Kier alpha value is -0.900. The van der Waals surface area contributed by atoms with Gasteiger partial charge in [0, 0.05) is 18.8 Å². The van der Waals surface area contributed by atoms with Crippen molar-refractivity contribution in [3.05, 3.63) is 35.9 Å². The van der Waals surface area contributed by atoms with Crippen LogP contribution in [0.15, 0.2) is 30.3 Å². The Bertz CT molecular complexity index is 396. The third-order valence-electron chi connectivity index (χ3n) is 3.40. The number of unbranched alkanes of at least 4 members (excludes halogenated alkanes) is 2. The summed E-state index contributed by atoms with van der Waals surface area (Å²) in [6.45, 7) is 5.42. The van der Waals surface area contributed by atoms with Crippen molar-refractivity contribution in [2.45, 2.75) is 50.7 Å². The highest BCUT2D eigenvalue weighted by molar-refractivity contribution is 6.30. The molecule has 0 amide bonds. The molecule has 0 radical (unpaired) electrons. The molecule has 0 aliphatic heterocycles. The van der Waals surface area contributed by atoms with Crippen molar-refractivity contribution in [3.8, 4) is 0 Å². The van der Waals surface area contributed by atoms with Crippen LogP contribution < -0.4 is 0 Å². The molecule has 1 aromatic rings. The number of alkyl halides is 1. The third-order valence-corrected chi connectivity index (χ3v) is 3.81. The minimum Gasteiger partial charge on any atom is -0.379 e. The van der Waals surface area contributed by atoms with Crippen molar-refractivity contribution >= 4 is 17.9 Å². The molecule has 0 heterocycles. The first-order valence-electron chi connectivity index (χ1n) is 7.58. The predicted octanol–water partition coefficient (Wildman–Crippen LogP) is 4.28. The molecule has 0 N–H and O–H groups in total. The summed E-state index contributed by atoms with van der Waals surface area (Å²) >= 11 is 6.23. The van der Waals surface area contributed by atoms with E-state index >= 15 is 0 Å². The Labute approximate surface area is 132 Å². The van der Waals surface area contributed by atoms with Crippen LogP contribution in [0, 0.1) is 0 Å². The lowest BCUT2D eigenvalue weighted by Gasteiger charge is -2.21. The van der Waals surface area contributed by atoms with Gasteiger partial charge >= 0.3 is 0 Å². The Morgan fingerprint density at radius 3 is 2.48 bits per heavy atom. The van der Waals surface area contributed by atoms with Crippen LogP contribution in [0.5, 0.6) is 0 Å². The van der Waals surface area contributed by atoms with Crippen molar-refractivity contribution in [1.29, 1.82) is 0 Å². The van der Waals surface area contributed by atoms with Gasteiger partial charge < -0.3 is 9.47 Å². The third kappa shape index (κ3) is 6.60. The fraction of sp³-hybridized carbons (Fsp3) is 0.588. The summed E-state index contributed by atoms with van der Waals surface area (Å²) in [6, 6.07) is 9.14. The number of hydrogen-bond acceptors (Lipinski definition) is 3. The van der Waals surface area contributed by atoms with E-state index in [-0.39, 0.29) is 0 Å². The quantitative estimate of drug-likeness (QED) is 0.347. The van der Waals surface area contributed by atoms with Crippen LogP contribution in [0.4, 0.5) is 0 Å². The molecule has 3 nitrogen and oxygen atoms in total. The molecule has 0 saturated heterocycles. The average molecular weight is 313 g/mol. The second kappa shape index (κ2) is 9.93. The van der Waals surface area contributed by atoms with Crippen LogP contribution in [-0.4, -0.2) is 25.6 Å². The summed E-state index contributed by atoms with van der Waals surface area (Å²) in [7, 11) is 0. The van der Waals surface area contributed by atoms with Gasteiger partial charge in [-0.3, -0.25) is 4.79 Å². The lowest BCUT2D eigenvalue weighted by Crippen LogP contribution is -2.25. The highest BCUT2D eigenvalue weighted by Gasteiger charge is 2.29. The molecule has 2 unspecified atom stereocenters. The van der Waals surface area contributed by atoms with Gasteiger partial charge in [-0.25, -0.2) is 0 Å². The van der Waals surface area contributed by atoms with E-state index in [9.17, 15) is 4.79 Å². The van der Waals surface area contributed by atoms with E-state index in [1.807, 2.05) is 18.2 Å². The Balaban J connectivity index is 2.23. The van der Waals surface area contributed by atoms with Gasteiger partial charge in [0.05, 0.1) is 6.10 Å². The van der Waals surface area contributed by atoms with Crippen LogP contribution >= 0.6 is 11.6 Å². The molecular weight excluding hydrogens is 288 g/mol. The maximum absolute atomic E-state index is 11.2. The van der Waals surface area contributed by atoms with Gasteiger partial charge in [-0.1, -0.05) is 48.9 Å². The van der Waals surface area contributed by atoms with Crippen molar-refractivity contribution in [2.24, 2.45) is 0 Å². The fourth-order valence-corrected chi connectivity index (χ4v) is 2.06. The zero-order valence-corrected chi connectivity index (χ0v) is 13.6. The van der Waals surface area contributed by atoms with Gasteiger partial charge in [-0.05, 0) is 32.6 Å². The minimum atomic E-state index is -1.37. The van der Waals surface area contributed by atoms with Gasteiger partial charge in [0.15, 0.2) is 6.29 Å². The number of halogens is 1. The van der Waals surface area contributed by atoms with Crippen molar-refractivity contribution in [2.75, 3.05) is 13.2 Å². The molecule has 0 fully saturated rings. The molecule has 4 heteroatoms. The number of benzene rings is 1. The van der Waals surface area contributed by atoms with Crippen LogP contribution in [0.25, 0.3) is 0 Å². The highest BCUT2D eigenvalue weighted by Crippen LogP contribution is 2.28. The summed E-state index contributed by atoms with van der Waals surface area (Å²) in [5, 5.41) is -1.37. The van der Waals surface area contributed by atoms with E-state index < -0.39 is 5.06 Å². The standard InChI is InChI=1S/C17H25ClO3/c1-3-15(2)20-12-8-5-9-13-21-17(18,14-19)16-10-6-4-7-11-16/h4,6-7,10-11,14-15H,3,5,8-9,12-13H2,1-2H3. The predicted molar refractivity (Wildman–Crippen MR) is 85.5 cm³/mol. The number of ether oxygens (including phenoxy) is 2. The molecule has 118 valence electrons. The molecule has 0 saturated carbocycles.